The molecule has 2 aromatic carbocycles. The number of aryl methyl sites for hydroxylation is 1. The summed E-state index contributed by atoms with van der Waals surface area (Å²) in [6.07, 6.45) is 0. The maximum atomic E-state index is 9.78. The van der Waals surface area contributed by atoms with Gasteiger partial charge in [0.15, 0.2) is 0 Å². The Morgan fingerprint density at radius 1 is 1.00 bits per heavy atom. The van der Waals surface area contributed by atoms with E-state index in [1.54, 1.807) is 6.07 Å². The molecule has 0 aliphatic heterocycles. The third-order valence-corrected chi connectivity index (χ3v) is 3.33. The zero-order valence-electron chi connectivity index (χ0n) is 12.4. The highest BCUT2D eigenvalue weighted by atomic mass is 16.3. The van der Waals surface area contributed by atoms with E-state index in [2.05, 4.69) is 34.5 Å². The Morgan fingerprint density at radius 2 is 1.70 bits per heavy atom. The number of rotatable bonds is 5. The van der Waals surface area contributed by atoms with Crippen LogP contribution < -0.4 is 10.2 Å². The molecule has 0 bridgehead atoms. The van der Waals surface area contributed by atoms with Crippen LogP contribution in [0, 0.1) is 6.92 Å². The SMILES string of the molecule is Cc1ccc(O)c(CNCc2ccc(N(C)C)cc2)c1. The molecule has 0 unspecified atom stereocenters. The average molecular weight is 270 g/mol. The summed E-state index contributed by atoms with van der Waals surface area (Å²) in [5.74, 6) is 0.353. The molecule has 0 spiro atoms. The van der Waals surface area contributed by atoms with E-state index in [9.17, 15) is 5.11 Å². The maximum absolute atomic E-state index is 9.78. The molecule has 3 heteroatoms. The van der Waals surface area contributed by atoms with Crippen molar-refractivity contribution in [3.8, 4) is 5.75 Å². The van der Waals surface area contributed by atoms with Gasteiger partial charge in [-0.2, -0.15) is 0 Å². The van der Waals surface area contributed by atoms with Crippen molar-refractivity contribution in [1.29, 1.82) is 0 Å². The monoisotopic (exact) mass is 270 g/mol. The highest BCUT2D eigenvalue weighted by molar-refractivity contribution is 5.46. The molecule has 0 aliphatic rings. The number of benzene rings is 2. The maximum Gasteiger partial charge on any atom is 0.120 e. The van der Waals surface area contributed by atoms with Gasteiger partial charge in [-0.1, -0.05) is 29.8 Å². The smallest absolute Gasteiger partial charge is 0.120 e. The highest BCUT2D eigenvalue weighted by Crippen LogP contribution is 2.18. The van der Waals surface area contributed by atoms with Gasteiger partial charge in [-0.25, -0.2) is 0 Å². The molecule has 0 aromatic heterocycles. The van der Waals surface area contributed by atoms with Crippen molar-refractivity contribution in [2.24, 2.45) is 0 Å². The van der Waals surface area contributed by atoms with Gasteiger partial charge in [-0.3, -0.25) is 0 Å². The second-order valence-electron chi connectivity index (χ2n) is 5.30. The first kappa shape index (κ1) is 14.4. The van der Waals surface area contributed by atoms with Crippen molar-refractivity contribution < 1.29 is 5.11 Å². The summed E-state index contributed by atoms with van der Waals surface area (Å²) < 4.78 is 0. The second-order valence-corrected chi connectivity index (χ2v) is 5.30. The van der Waals surface area contributed by atoms with E-state index >= 15 is 0 Å². The fraction of sp³-hybridized carbons (Fsp3) is 0.294. The standard InChI is InChI=1S/C17H22N2O/c1-13-4-9-17(20)15(10-13)12-18-11-14-5-7-16(8-6-14)19(2)3/h4-10,18,20H,11-12H2,1-3H3. The lowest BCUT2D eigenvalue weighted by Gasteiger charge is -2.13. The summed E-state index contributed by atoms with van der Waals surface area (Å²) in [5, 5.41) is 13.1. The number of aromatic hydroxyl groups is 1. The Bertz CT molecular complexity index is 562. The van der Waals surface area contributed by atoms with Crippen molar-refractivity contribution in [1.82, 2.24) is 5.32 Å². The van der Waals surface area contributed by atoms with Crippen molar-refractivity contribution in [3.63, 3.8) is 0 Å². The predicted octanol–water partition coefficient (Wildman–Crippen LogP) is 3.06. The minimum Gasteiger partial charge on any atom is -0.508 e. The molecule has 0 heterocycles. The molecule has 20 heavy (non-hydrogen) atoms. The quantitative estimate of drug-likeness (QED) is 0.876. The Labute approximate surface area is 120 Å². The zero-order chi connectivity index (χ0) is 14.5. The number of nitrogens with zero attached hydrogens (tertiary/aromatic N) is 1. The van der Waals surface area contributed by atoms with Gasteiger partial charge in [0, 0.05) is 38.4 Å². The van der Waals surface area contributed by atoms with Crippen LogP contribution in [0.25, 0.3) is 0 Å². The van der Waals surface area contributed by atoms with Crippen molar-refractivity contribution in [3.05, 3.63) is 59.2 Å². The Hall–Kier alpha value is -2.00. The van der Waals surface area contributed by atoms with Crippen molar-refractivity contribution >= 4 is 5.69 Å². The van der Waals surface area contributed by atoms with Gasteiger partial charge in [0.1, 0.15) is 5.75 Å². The topological polar surface area (TPSA) is 35.5 Å². The van der Waals surface area contributed by atoms with Gasteiger partial charge >= 0.3 is 0 Å². The van der Waals surface area contributed by atoms with Gasteiger partial charge in [-0.15, -0.1) is 0 Å². The normalized spacial score (nSPS) is 10.6. The summed E-state index contributed by atoms with van der Waals surface area (Å²) in [7, 11) is 4.07. The predicted molar refractivity (Wildman–Crippen MR) is 84.2 cm³/mol. The van der Waals surface area contributed by atoms with Gasteiger partial charge in [0.25, 0.3) is 0 Å². The van der Waals surface area contributed by atoms with E-state index in [1.807, 2.05) is 33.2 Å². The molecule has 2 aromatic rings. The van der Waals surface area contributed by atoms with Crippen LogP contribution in [0.1, 0.15) is 16.7 Å². The first-order chi connectivity index (χ1) is 9.56. The van der Waals surface area contributed by atoms with Crippen LogP contribution in [0.4, 0.5) is 5.69 Å². The van der Waals surface area contributed by atoms with Crippen LogP contribution in [0.3, 0.4) is 0 Å². The summed E-state index contributed by atoms with van der Waals surface area (Å²) in [4.78, 5) is 2.09. The second kappa shape index (κ2) is 6.44. The molecule has 0 aliphatic carbocycles. The summed E-state index contributed by atoms with van der Waals surface area (Å²) in [5.41, 5.74) is 4.54. The third-order valence-electron chi connectivity index (χ3n) is 3.33. The Kier molecular flexibility index (Phi) is 4.64. The molecular formula is C17H22N2O. The lowest BCUT2D eigenvalue weighted by atomic mass is 10.1. The number of anilines is 1. The molecule has 0 saturated carbocycles. The third kappa shape index (κ3) is 3.75. The number of phenolic OH excluding ortho intramolecular Hbond substituents is 1. The van der Waals surface area contributed by atoms with E-state index in [0.717, 1.165) is 17.7 Å². The minimum atomic E-state index is 0.353. The van der Waals surface area contributed by atoms with E-state index in [0.29, 0.717) is 12.3 Å². The first-order valence-corrected chi connectivity index (χ1v) is 6.82. The molecule has 0 radical (unpaired) electrons. The molecule has 2 rings (SSSR count). The number of phenols is 1. The molecule has 0 fully saturated rings. The van der Waals surface area contributed by atoms with Gasteiger partial charge in [0.05, 0.1) is 0 Å². The molecule has 2 N–H and O–H groups in total. The Morgan fingerprint density at radius 3 is 2.35 bits per heavy atom. The molecule has 106 valence electrons. The minimum absolute atomic E-state index is 0.353. The van der Waals surface area contributed by atoms with Gasteiger partial charge < -0.3 is 15.3 Å². The van der Waals surface area contributed by atoms with Gasteiger partial charge in [-0.05, 0) is 30.7 Å². The van der Waals surface area contributed by atoms with Crippen molar-refractivity contribution in [2.45, 2.75) is 20.0 Å². The molecular weight excluding hydrogens is 248 g/mol. The fourth-order valence-corrected chi connectivity index (χ4v) is 2.11. The lowest BCUT2D eigenvalue weighted by Crippen LogP contribution is -2.13. The molecule has 0 saturated heterocycles. The number of hydrogen-bond donors (Lipinski definition) is 2. The molecule has 0 atom stereocenters. The van der Waals surface area contributed by atoms with E-state index in [4.69, 9.17) is 0 Å². The van der Waals surface area contributed by atoms with Gasteiger partial charge in [0.2, 0.25) is 0 Å². The van der Waals surface area contributed by atoms with E-state index in [1.165, 1.54) is 11.3 Å². The molecule has 3 nitrogen and oxygen atoms in total. The van der Waals surface area contributed by atoms with Crippen LogP contribution in [-0.4, -0.2) is 19.2 Å². The van der Waals surface area contributed by atoms with Crippen LogP contribution in [0.5, 0.6) is 5.75 Å². The summed E-state index contributed by atoms with van der Waals surface area (Å²) >= 11 is 0. The van der Waals surface area contributed by atoms with Crippen LogP contribution in [-0.2, 0) is 13.1 Å². The fourth-order valence-electron chi connectivity index (χ4n) is 2.11. The van der Waals surface area contributed by atoms with Crippen LogP contribution in [0.15, 0.2) is 42.5 Å². The molecule has 0 amide bonds. The highest BCUT2D eigenvalue weighted by Gasteiger charge is 2.01. The van der Waals surface area contributed by atoms with Crippen molar-refractivity contribution in [2.75, 3.05) is 19.0 Å². The van der Waals surface area contributed by atoms with Crippen LogP contribution >= 0.6 is 0 Å². The van der Waals surface area contributed by atoms with E-state index < -0.39 is 0 Å². The average Bonchev–Trinajstić information content (AvgIpc) is 2.43. The first-order valence-electron chi connectivity index (χ1n) is 6.82. The largest absolute Gasteiger partial charge is 0.508 e. The summed E-state index contributed by atoms with van der Waals surface area (Å²) in [6.45, 7) is 3.49. The number of hydrogen-bond acceptors (Lipinski definition) is 3. The Balaban J connectivity index is 1.91. The zero-order valence-corrected chi connectivity index (χ0v) is 12.4. The lowest BCUT2D eigenvalue weighted by molar-refractivity contribution is 0.464. The van der Waals surface area contributed by atoms with Crippen LogP contribution in [0.2, 0.25) is 0 Å². The van der Waals surface area contributed by atoms with E-state index in [-0.39, 0.29) is 0 Å². The number of nitrogens with one attached hydrogen (secondary N) is 1. The summed E-state index contributed by atoms with van der Waals surface area (Å²) in [6, 6.07) is 14.1.